The van der Waals surface area contributed by atoms with Gasteiger partial charge in [0.25, 0.3) is 5.91 Å². The standard InChI is InChI=1S/C23H17N5O.C2HF3O2/c29-23(26-18-8-9-19-17(14-18)6-4-11-25-19)22-20-7-1-2-12-28(20)21(27-22)13-16-5-3-10-24-15-16;3-2(4,5)1(6)7/h1-12,14-15H,13H2,(H,26,29);(H,6,7). The number of amides is 1. The summed E-state index contributed by atoms with van der Waals surface area (Å²) >= 11 is 0. The van der Waals surface area contributed by atoms with Gasteiger partial charge in [-0.3, -0.25) is 14.8 Å². The van der Waals surface area contributed by atoms with Crippen LogP contribution in [0.15, 0.2) is 85.5 Å². The summed E-state index contributed by atoms with van der Waals surface area (Å²) in [5.41, 5.74) is 3.80. The molecule has 2 N–H and O–H groups in total. The van der Waals surface area contributed by atoms with Crippen LogP contribution in [-0.2, 0) is 11.2 Å². The zero-order chi connectivity index (χ0) is 25.7. The molecule has 5 aromatic rings. The highest BCUT2D eigenvalue weighted by molar-refractivity contribution is 6.08. The number of pyridine rings is 3. The van der Waals surface area contributed by atoms with Crippen molar-refractivity contribution in [2.24, 2.45) is 0 Å². The van der Waals surface area contributed by atoms with Crippen molar-refractivity contribution in [2.75, 3.05) is 5.32 Å². The molecule has 11 heteroatoms. The summed E-state index contributed by atoms with van der Waals surface area (Å²) in [5, 5.41) is 11.1. The molecule has 4 aromatic heterocycles. The summed E-state index contributed by atoms with van der Waals surface area (Å²) in [6, 6.07) is 19.1. The first-order chi connectivity index (χ1) is 17.2. The molecule has 0 aliphatic rings. The number of carboxylic acid groups (broad SMARTS) is 1. The van der Waals surface area contributed by atoms with Crippen LogP contribution in [0.5, 0.6) is 0 Å². The van der Waals surface area contributed by atoms with Gasteiger partial charge in [-0.1, -0.05) is 18.2 Å². The van der Waals surface area contributed by atoms with E-state index in [9.17, 15) is 18.0 Å². The molecule has 36 heavy (non-hydrogen) atoms. The number of alkyl halides is 3. The molecular formula is C25H18F3N5O3. The lowest BCUT2D eigenvalue weighted by atomic mass is 10.2. The normalized spacial score (nSPS) is 11.1. The molecule has 0 radical (unpaired) electrons. The van der Waals surface area contributed by atoms with Crippen molar-refractivity contribution < 1.29 is 27.9 Å². The first-order valence-electron chi connectivity index (χ1n) is 10.5. The minimum absolute atomic E-state index is 0.241. The molecule has 0 aliphatic carbocycles. The number of benzene rings is 1. The van der Waals surface area contributed by atoms with E-state index in [1.165, 1.54) is 0 Å². The Kier molecular flexibility index (Phi) is 6.91. The number of carboxylic acids is 1. The number of anilines is 1. The van der Waals surface area contributed by atoms with E-state index in [-0.39, 0.29) is 5.91 Å². The largest absolute Gasteiger partial charge is 0.490 e. The Morgan fingerprint density at radius 3 is 2.50 bits per heavy atom. The Bertz CT molecular complexity index is 1530. The third-order valence-corrected chi connectivity index (χ3v) is 5.02. The van der Waals surface area contributed by atoms with E-state index in [0.717, 1.165) is 27.8 Å². The molecule has 0 fully saturated rings. The van der Waals surface area contributed by atoms with Crippen LogP contribution in [0.4, 0.5) is 18.9 Å². The van der Waals surface area contributed by atoms with Gasteiger partial charge in [-0.2, -0.15) is 13.2 Å². The van der Waals surface area contributed by atoms with Crippen LogP contribution in [0.1, 0.15) is 21.9 Å². The van der Waals surface area contributed by atoms with E-state index in [4.69, 9.17) is 9.90 Å². The van der Waals surface area contributed by atoms with Gasteiger partial charge >= 0.3 is 12.1 Å². The number of hydrogen-bond donors (Lipinski definition) is 2. The molecule has 1 aromatic carbocycles. The number of carbonyl (C=O) groups is 2. The van der Waals surface area contributed by atoms with Crippen LogP contribution in [0.3, 0.4) is 0 Å². The molecule has 182 valence electrons. The number of carbonyl (C=O) groups excluding carboxylic acids is 1. The van der Waals surface area contributed by atoms with Crippen LogP contribution in [0.25, 0.3) is 16.4 Å². The summed E-state index contributed by atoms with van der Waals surface area (Å²) < 4.78 is 33.7. The minimum atomic E-state index is -5.08. The zero-order valence-electron chi connectivity index (χ0n) is 18.5. The fourth-order valence-electron chi connectivity index (χ4n) is 3.42. The van der Waals surface area contributed by atoms with Gasteiger partial charge in [-0.05, 0) is 48.0 Å². The number of halogens is 3. The van der Waals surface area contributed by atoms with Crippen LogP contribution in [0.2, 0.25) is 0 Å². The van der Waals surface area contributed by atoms with Crippen LogP contribution in [0, 0.1) is 0 Å². The summed E-state index contributed by atoms with van der Waals surface area (Å²) in [5.74, 6) is -2.21. The Morgan fingerprint density at radius 2 is 1.78 bits per heavy atom. The predicted molar refractivity (Wildman–Crippen MR) is 126 cm³/mol. The van der Waals surface area contributed by atoms with E-state index < -0.39 is 12.1 Å². The molecule has 0 atom stereocenters. The molecule has 0 spiro atoms. The van der Waals surface area contributed by atoms with Crippen molar-refractivity contribution in [3.63, 3.8) is 0 Å². The number of rotatable bonds is 4. The Hall–Kier alpha value is -4.80. The zero-order valence-corrected chi connectivity index (χ0v) is 18.5. The van der Waals surface area contributed by atoms with Gasteiger partial charge < -0.3 is 14.8 Å². The van der Waals surface area contributed by atoms with Gasteiger partial charge in [0, 0.05) is 42.3 Å². The average molecular weight is 493 g/mol. The molecule has 1 amide bonds. The van der Waals surface area contributed by atoms with Gasteiger partial charge in [-0.15, -0.1) is 0 Å². The highest BCUT2D eigenvalue weighted by Crippen LogP contribution is 2.20. The van der Waals surface area contributed by atoms with Gasteiger partial charge in [0.1, 0.15) is 5.82 Å². The second kappa shape index (κ2) is 10.2. The number of hydrogen-bond acceptors (Lipinski definition) is 5. The summed E-state index contributed by atoms with van der Waals surface area (Å²) in [7, 11) is 0. The van der Waals surface area contributed by atoms with E-state index in [0.29, 0.717) is 17.8 Å². The maximum absolute atomic E-state index is 13.0. The SMILES string of the molecule is O=C(Nc1ccc2ncccc2c1)c1nc(Cc2cccnc2)n2ccccc12.O=C(O)C(F)(F)F. The van der Waals surface area contributed by atoms with Crippen LogP contribution < -0.4 is 5.32 Å². The summed E-state index contributed by atoms with van der Waals surface area (Å²) in [4.78, 5) is 35.0. The van der Waals surface area contributed by atoms with E-state index >= 15 is 0 Å². The number of fused-ring (bicyclic) bond motifs is 2. The Morgan fingerprint density at radius 1 is 1.00 bits per heavy atom. The third-order valence-electron chi connectivity index (χ3n) is 5.02. The molecule has 5 rings (SSSR count). The van der Waals surface area contributed by atoms with Crippen molar-refractivity contribution in [1.29, 1.82) is 0 Å². The topological polar surface area (TPSA) is 109 Å². The average Bonchev–Trinajstić information content (AvgIpc) is 3.23. The number of nitrogens with one attached hydrogen (secondary N) is 1. The molecule has 0 saturated carbocycles. The third kappa shape index (κ3) is 5.63. The fraction of sp³-hybridized carbons (Fsp3) is 0.0800. The van der Waals surface area contributed by atoms with Crippen molar-refractivity contribution in [1.82, 2.24) is 19.4 Å². The summed E-state index contributed by atoms with van der Waals surface area (Å²) in [6.07, 6.45) is 2.74. The number of nitrogens with zero attached hydrogens (tertiary/aromatic N) is 4. The molecule has 8 nitrogen and oxygen atoms in total. The van der Waals surface area contributed by atoms with Gasteiger partial charge in [0.2, 0.25) is 0 Å². The number of aromatic nitrogens is 4. The monoisotopic (exact) mass is 493 g/mol. The Balaban J connectivity index is 0.000000384. The molecule has 0 saturated heterocycles. The smallest absolute Gasteiger partial charge is 0.475 e. The van der Waals surface area contributed by atoms with Gasteiger partial charge in [-0.25, -0.2) is 9.78 Å². The van der Waals surface area contributed by atoms with E-state index in [2.05, 4.69) is 20.3 Å². The number of imidazole rings is 1. The molecule has 0 unspecified atom stereocenters. The van der Waals surface area contributed by atoms with Crippen molar-refractivity contribution in [3.05, 3.63) is 103 Å². The van der Waals surface area contributed by atoms with Gasteiger partial charge in [0.15, 0.2) is 5.69 Å². The molecular weight excluding hydrogens is 475 g/mol. The van der Waals surface area contributed by atoms with Gasteiger partial charge in [0.05, 0.1) is 11.0 Å². The quantitative estimate of drug-likeness (QED) is 0.374. The molecule has 4 heterocycles. The lowest BCUT2D eigenvalue weighted by molar-refractivity contribution is -0.192. The highest BCUT2D eigenvalue weighted by Gasteiger charge is 2.38. The van der Waals surface area contributed by atoms with Crippen molar-refractivity contribution >= 4 is 34.0 Å². The van der Waals surface area contributed by atoms with Crippen LogP contribution in [-0.4, -0.2) is 42.5 Å². The fourth-order valence-corrected chi connectivity index (χ4v) is 3.42. The second-order valence-electron chi connectivity index (χ2n) is 7.54. The maximum atomic E-state index is 13.0. The van der Waals surface area contributed by atoms with Crippen molar-refractivity contribution in [2.45, 2.75) is 12.6 Å². The minimum Gasteiger partial charge on any atom is -0.475 e. The van der Waals surface area contributed by atoms with Crippen molar-refractivity contribution in [3.8, 4) is 0 Å². The summed E-state index contributed by atoms with van der Waals surface area (Å²) in [6.45, 7) is 0. The molecule has 0 bridgehead atoms. The maximum Gasteiger partial charge on any atom is 0.490 e. The first-order valence-corrected chi connectivity index (χ1v) is 10.5. The van der Waals surface area contributed by atoms with E-state index in [1.807, 2.05) is 77.5 Å². The second-order valence-corrected chi connectivity index (χ2v) is 7.54. The number of aliphatic carboxylic acids is 1. The predicted octanol–water partition coefficient (Wildman–Crippen LogP) is 4.75. The first kappa shape index (κ1) is 24.3. The lowest BCUT2D eigenvalue weighted by Gasteiger charge is -2.05. The Labute approximate surface area is 202 Å². The van der Waals surface area contributed by atoms with Crippen LogP contribution >= 0.6 is 0 Å². The molecule has 0 aliphatic heterocycles. The highest BCUT2D eigenvalue weighted by atomic mass is 19.4. The lowest BCUT2D eigenvalue weighted by Crippen LogP contribution is -2.21. The van der Waals surface area contributed by atoms with E-state index in [1.54, 1.807) is 12.4 Å².